The van der Waals surface area contributed by atoms with Gasteiger partial charge in [-0.05, 0) is 72.6 Å². The van der Waals surface area contributed by atoms with Gasteiger partial charge < -0.3 is 19.5 Å². The Kier molecular flexibility index (Phi) is 5.22. The van der Waals surface area contributed by atoms with Gasteiger partial charge in [0, 0.05) is 32.4 Å². The summed E-state index contributed by atoms with van der Waals surface area (Å²) in [5.74, 6) is 1.14. The first-order valence-electron chi connectivity index (χ1n) is 8.17. The molecule has 0 saturated carbocycles. The molecule has 0 aliphatic carbocycles. The van der Waals surface area contributed by atoms with Crippen molar-refractivity contribution < 1.29 is 14.3 Å². The van der Waals surface area contributed by atoms with E-state index in [-0.39, 0.29) is 12.7 Å². The van der Waals surface area contributed by atoms with Gasteiger partial charge in [0.05, 0.1) is 0 Å². The smallest absolute Gasteiger partial charge is 0.255 e. The van der Waals surface area contributed by atoms with Crippen molar-refractivity contribution in [2.24, 2.45) is 0 Å². The third-order valence-electron chi connectivity index (χ3n) is 3.88. The van der Waals surface area contributed by atoms with Crippen molar-refractivity contribution in [3.05, 3.63) is 76.8 Å². The Morgan fingerprint density at radius 3 is 2.37 bits per heavy atom. The molecule has 136 valence electrons. The largest absolute Gasteiger partial charge is 0.454 e. The molecule has 1 aliphatic heterocycles. The molecule has 1 aliphatic rings. The predicted molar refractivity (Wildman–Crippen MR) is 111 cm³/mol. The predicted octanol–water partition coefficient (Wildman–Crippen LogP) is 5.55. The zero-order valence-electron chi connectivity index (χ0n) is 14.1. The summed E-state index contributed by atoms with van der Waals surface area (Å²) in [7, 11) is 0. The molecule has 0 aromatic heterocycles. The Morgan fingerprint density at radius 2 is 1.59 bits per heavy atom. The van der Waals surface area contributed by atoms with Crippen molar-refractivity contribution in [3.63, 3.8) is 0 Å². The van der Waals surface area contributed by atoms with Gasteiger partial charge in [-0.15, -0.1) is 0 Å². The van der Waals surface area contributed by atoms with Gasteiger partial charge in [-0.2, -0.15) is 0 Å². The molecule has 0 saturated heterocycles. The maximum absolute atomic E-state index is 12.4. The molecule has 5 nitrogen and oxygen atoms in total. The number of fused-ring (bicyclic) bond motifs is 1. The van der Waals surface area contributed by atoms with Gasteiger partial charge in [0.25, 0.3) is 5.91 Å². The van der Waals surface area contributed by atoms with Crippen LogP contribution in [-0.4, -0.2) is 12.7 Å². The summed E-state index contributed by atoms with van der Waals surface area (Å²) in [5.41, 5.74) is 2.16. The highest BCUT2D eigenvalue weighted by Crippen LogP contribution is 2.34. The topological polar surface area (TPSA) is 59.6 Å². The highest BCUT2D eigenvalue weighted by atomic mass is 79.9. The highest BCUT2D eigenvalue weighted by Gasteiger charge is 2.14. The fourth-order valence-corrected chi connectivity index (χ4v) is 3.40. The lowest BCUT2D eigenvalue weighted by molar-refractivity contribution is 0.102. The van der Waals surface area contributed by atoms with Crippen LogP contribution < -0.4 is 19.5 Å². The number of anilines is 2. The van der Waals surface area contributed by atoms with Crippen LogP contribution in [0.15, 0.2) is 76.1 Å². The van der Waals surface area contributed by atoms with Crippen molar-refractivity contribution in [1.82, 2.24) is 0 Å². The lowest BCUT2D eigenvalue weighted by Crippen LogP contribution is -2.11. The molecule has 3 aromatic rings. The first-order valence-corrected chi connectivity index (χ1v) is 9.78. The molecule has 1 heterocycles. The summed E-state index contributed by atoms with van der Waals surface area (Å²) in [4.78, 5) is 13.5. The Labute approximate surface area is 169 Å². The molecule has 7 heteroatoms. The summed E-state index contributed by atoms with van der Waals surface area (Å²) in [5, 5.41) is 2.87. The Bertz CT molecular complexity index is 962. The Hall–Kier alpha value is -2.64. The number of carbonyl (C=O) groups excluding carboxylic acids is 1. The minimum atomic E-state index is -0.180. The maximum Gasteiger partial charge on any atom is 0.255 e. The van der Waals surface area contributed by atoms with E-state index in [0.717, 1.165) is 15.1 Å². The van der Waals surface area contributed by atoms with E-state index >= 15 is 0 Å². The molecule has 0 bridgehead atoms. The number of hydrogen-bond donors (Lipinski definition) is 2. The summed E-state index contributed by atoms with van der Waals surface area (Å²) in [6.45, 7) is 0.208. The van der Waals surface area contributed by atoms with Crippen molar-refractivity contribution in [2.75, 3.05) is 16.8 Å². The van der Waals surface area contributed by atoms with Crippen molar-refractivity contribution in [3.8, 4) is 11.5 Å². The zero-order chi connectivity index (χ0) is 18.6. The fraction of sp³-hybridized carbons (Fsp3) is 0.0500. The van der Waals surface area contributed by atoms with Gasteiger partial charge in [0.1, 0.15) is 0 Å². The number of rotatable bonds is 5. The average molecular weight is 443 g/mol. The molecular formula is C20H15BrN2O3S. The molecule has 0 unspecified atom stereocenters. The molecule has 1 amide bonds. The van der Waals surface area contributed by atoms with E-state index in [1.165, 1.54) is 11.9 Å². The lowest BCUT2D eigenvalue weighted by atomic mass is 10.2. The molecule has 0 radical (unpaired) electrons. The SMILES string of the molecule is O=C(Nc1ccc2c(c1)OCO2)c1ccc(NSc2ccc(Br)cc2)cc1. The number of hydrogen-bond acceptors (Lipinski definition) is 5. The minimum absolute atomic E-state index is 0.180. The highest BCUT2D eigenvalue weighted by molar-refractivity contribution is 9.10. The van der Waals surface area contributed by atoms with Crippen molar-refractivity contribution in [2.45, 2.75) is 4.90 Å². The van der Waals surface area contributed by atoms with Crippen LogP contribution >= 0.6 is 27.9 Å². The third kappa shape index (κ3) is 4.37. The standard InChI is InChI=1S/C20H15BrN2O3S/c21-14-3-8-17(9-4-14)27-23-15-5-1-13(2-6-15)20(24)22-16-7-10-18-19(11-16)26-12-25-18/h1-11,23H,12H2,(H,22,24). The van der Waals surface area contributed by atoms with Crippen LogP contribution in [0.1, 0.15) is 10.4 Å². The second-order valence-corrected chi connectivity index (χ2v) is 7.55. The second kappa shape index (κ2) is 7.94. The first-order chi connectivity index (χ1) is 13.2. The third-order valence-corrected chi connectivity index (χ3v) is 5.25. The average Bonchev–Trinajstić information content (AvgIpc) is 3.16. The van der Waals surface area contributed by atoms with Gasteiger partial charge in [-0.3, -0.25) is 4.79 Å². The van der Waals surface area contributed by atoms with E-state index in [1.807, 2.05) is 36.4 Å². The van der Waals surface area contributed by atoms with E-state index < -0.39 is 0 Å². The van der Waals surface area contributed by atoms with E-state index in [2.05, 4.69) is 26.0 Å². The number of carbonyl (C=O) groups is 1. The second-order valence-electron chi connectivity index (χ2n) is 5.76. The molecule has 0 spiro atoms. The van der Waals surface area contributed by atoms with Gasteiger partial charge >= 0.3 is 0 Å². The van der Waals surface area contributed by atoms with E-state index in [9.17, 15) is 4.79 Å². The molecule has 0 atom stereocenters. The summed E-state index contributed by atoms with van der Waals surface area (Å²) >= 11 is 4.93. The van der Waals surface area contributed by atoms with Crippen molar-refractivity contribution >= 4 is 45.2 Å². The molecule has 2 N–H and O–H groups in total. The zero-order valence-corrected chi connectivity index (χ0v) is 16.5. The molecule has 4 rings (SSSR count). The maximum atomic E-state index is 12.4. The number of nitrogens with one attached hydrogen (secondary N) is 2. The van der Waals surface area contributed by atoms with Crippen LogP contribution in [0.5, 0.6) is 11.5 Å². The van der Waals surface area contributed by atoms with E-state index in [4.69, 9.17) is 9.47 Å². The molecule has 0 fully saturated rings. The van der Waals surface area contributed by atoms with Gasteiger partial charge in [0.2, 0.25) is 6.79 Å². The van der Waals surface area contributed by atoms with Crippen molar-refractivity contribution in [1.29, 1.82) is 0 Å². The summed E-state index contributed by atoms with van der Waals surface area (Å²) < 4.78 is 14.9. The molecule has 3 aromatic carbocycles. The van der Waals surface area contributed by atoms with Gasteiger partial charge in [0.15, 0.2) is 11.5 Å². The quantitative estimate of drug-likeness (QED) is 0.507. The summed E-state index contributed by atoms with van der Waals surface area (Å²) in [6.07, 6.45) is 0. The van der Waals surface area contributed by atoms with Crippen LogP contribution in [0.25, 0.3) is 0 Å². The number of halogens is 1. The number of amides is 1. The lowest BCUT2D eigenvalue weighted by Gasteiger charge is -2.08. The van der Waals surface area contributed by atoms with Crippen LogP contribution in [0.4, 0.5) is 11.4 Å². The minimum Gasteiger partial charge on any atom is -0.454 e. The monoisotopic (exact) mass is 442 g/mol. The van der Waals surface area contributed by atoms with E-state index in [0.29, 0.717) is 22.7 Å². The first kappa shape index (κ1) is 17.8. The van der Waals surface area contributed by atoms with Crippen LogP contribution in [-0.2, 0) is 0 Å². The molecule has 27 heavy (non-hydrogen) atoms. The number of ether oxygens (including phenoxy) is 2. The van der Waals surface area contributed by atoms with Gasteiger partial charge in [-0.25, -0.2) is 0 Å². The Balaban J connectivity index is 1.36. The van der Waals surface area contributed by atoms with Crippen LogP contribution in [0.3, 0.4) is 0 Å². The molecular weight excluding hydrogens is 428 g/mol. The summed E-state index contributed by atoms with van der Waals surface area (Å²) in [6, 6.07) is 20.7. The van der Waals surface area contributed by atoms with E-state index in [1.54, 1.807) is 30.3 Å². The van der Waals surface area contributed by atoms with Crippen LogP contribution in [0.2, 0.25) is 0 Å². The fourth-order valence-electron chi connectivity index (χ4n) is 2.49. The van der Waals surface area contributed by atoms with Crippen LogP contribution in [0, 0.1) is 0 Å². The number of benzene rings is 3. The normalized spacial score (nSPS) is 11.9. The van der Waals surface area contributed by atoms with Gasteiger partial charge in [-0.1, -0.05) is 15.9 Å². The Morgan fingerprint density at radius 1 is 0.889 bits per heavy atom.